The zero-order chi connectivity index (χ0) is 16.6. The molecule has 0 fully saturated rings. The van der Waals surface area contributed by atoms with Crippen molar-refractivity contribution in [3.05, 3.63) is 47.9 Å². The molecule has 0 saturated heterocycles. The quantitative estimate of drug-likeness (QED) is 0.793. The number of fused-ring (bicyclic) bond motifs is 1. The molecule has 0 aliphatic rings. The zero-order valence-corrected chi connectivity index (χ0v) is 13.8. The summed E-state index contributed by atoms with van der Waals surface area (Å²) in [6.07, 6.45) is 1.32. The second kappa shape index (κ2) is 5.58. The van der Waals surface area contributed by atoms with Crippen LogP contribution in [-0.4, -0.2) is 20.5 Å². The number of aromatic nitrogens is 1. The molecule has 6 nitrogen and oxygen atoms in total. The molecule has 0 radical (unpaired) electrons. The lowest BCUT2D eigenvalue weighted by molar-refractivity contribution is 0.413. The van der Waals surface area contributed by atoms with Gasteiger partial charge in [0.05, 0.1) is 17.7 Å². The van der Waals surface area contributed by atoms with Crippen molar-refractivity contribution >= 4 is 26.8 Å². The zero-order valence-electron chi connectivity index (χ0n) is 13.0. The van der Waals surface area contributed by atoms with Gasteiger partial charge in [0, 0.05) is 6.07 Å². The third-order valence-corrected chi connectivity index (χ3v) is 5.21. The summed E-state index contributed by atoms with van der Waals surface area (Å²) in [5.74, 6) is 0.627. The van der Waals surface area contributed by atoms with Gasteiger partial charge in [0.1, 0.15) is 11.3 Å². The summed E-state index contributed by atoms with van der Waals surface area (Å²) < 4.78 is 38.4. The Morgan fingerprint density at radius 2 is 1.83 bits per heavy atom. The van der Waals surface area contributed by atoms with Crippen LogP contribution in [0.4, 0.5) is 5.69 Å². The summed E-state index contributed by atoms with van der Waals surface area (Å²) in [7, 11) is -2.17. The minimum Gasteiger partial charge on any atom is -0.497 e. The Hall–Kier alpha value is -2.54. The molecule has 120 valence electrons. The predicted octanol–water partition coefficient (Wildman–Crippen LogP) is 3.25. The number of methoxy groups -OCH3 is 1. The van der Waals surface area contributed by atoms with Gasteiger partial charge >= 0.3 is 0 Å². The molecule has 0 saturated carbocycles. The summed E-state index contributed by atoms with van der Waals surface area (Å²) in [5.41, 5.74) is 2.85. The van der Waals surface area contributed by atoms with Gasteiger partial charge in [-0.1, -0.05) is 0 Å². The highest BCUT2D eigenvalue weighted by molar-refractivity contribution is 7.92. The average molecular weight is 332 g/mol. The van der Waals surface area contributed by atoms with E-state index in [1.807, 2.05) is 0 Å². The molecule has 7 heteroatoms. The molecule has 23 heavy (non-hydrogen) atoms. The van der Waals surface area contributed by atoms with Gasteiger partial charge in [-0.15, -0.1) is 0 Å². The Kier molecular flexibility index (Phi) is 3.73. The van der Waals surface area contributed by atoms with Crippen molar-refractivity contribution in [3.63, 3.8) is 0 Å². The minimum absolute atomic E-state index is 0.246. The summed E-state index contributed by atoms with van der Waals surface area (Å²) in [6.45, 7) is 3.48. The number of nitrogens with one attached hydrogen (secondary N) is 1. The van der Waals surface area contributed by atoms with Crippen molar-refractivity contribution in [1.82, 2.24) is 4.98 Å². The Morgan fingerprint density at radius 3 is 2.48 bits per heavy atom. The van der Waals surface area contributed by atoms with E-state index in [1.165, 1.54) is 6.39 Å². The van der Waals surface area contributed by atoms with Crippen LogP contribution in [0, 0.1) is 13.8 Å². The lowest BCUT2D eigenvalue weighted by atomic mass is 10.1. The van der Waals surface area contributed by atoms with Crippen LogP contribution in [0.15, 0.2) is 46.0 Å². The van der Waals surface area contributed by atoms with E-state index in [1.54, 1.807) is 51.3 Å². The van der Waals surface area contributed by atoms with E-state index in [2.05, 4.69) is 9.71 Å². The number of aryl methyl sites for hydroxylation is 2. The van der Waals surface area contributed by atoms with Gasteiger partial charge in [-0.05, 0) is 49.2 Å². The van der Waals surface area contributed by atoms with Gasteiger partial charge in [-0.3, -0.25) is 4.72 Å². The fraction of sp³-hybridized carbons (Fsp3) is 0.188. The largest absolute Gasteiger partial charge is 0.497 e. The smallest absolute Gasteiger partial charge is 0.262 e. The highest BCUT2D eigenvalue weighted by Gasteiger charge is 2.21. The van der Waals surface area contributed by atoms with Gasteiger partial charge in [-0.25, -0.2) is 13.4 Å². The van der Waals surface area contributed by atoms with Crippen LogP contribution in [-0.2, 0) is 10.0 Å². The molecule has 0 spiro atoms. The second-order valence-corrected chi connectivity index (χ2v) is 6.85. The van der Waals surface area contributed by atoms with Crippen molar-refractivity contribution < 1.29 is 17.6 Å². The molecule has 3 rings (SSSR count). The Morgan fingerprint density at radius 1 is 1.13 bits per heavy atom. The number of ether oxygens (including phenoxy) is 1. The molecule has 0 aliphatic heterocycles. The number of anilines is 1. The maximum atomic E-state index is 12.7. The first-order valence-electron chi connectivity index (χ1n) is 6.92. The molecule has 0 amide bonds. The lowest BCUT2D eigenvalue weighted by Crippen LogP contribution is -2.15. The Labute approximate surface area is 134 Å². The topological polar surface area (TPSA) is 81.4 Å². The Balaban J connectivity index is 2.01. The van der Waals surface area contributed by atoms with E-state index in [0.29, 0.717) is 33.7 Å². The van der Waals surface area contributed by atoms with Crippen LogP contribution >= 0.6 is 0 Å². The van der Waals surface area contributed by atoms with Crippen molar-refractivity contribution in [2.45, 2.75) is 18.7 Å². The molecule has 0 atom stereocenters. The van der Waals surface area contributed by atoms with Crippen LogP contribution in [0.25, 0.3) is 11.1 Å². The van der Waals surface area contributed by atoms with Crippen molar-refractivity contribution in [2.75, 3.05) is 11.8 Å². The van der Waals surface area contributed by atoms with Crippen LogP contribution in [0.2, 0.25) is 0 Å². The van der Waals surface area contributed by atoms with Gasteiger partial charge in [0.15, 0.2) is 12.0 Å². The highest BCUT2D eigenvalue weighted by Crippen LogP contribution is 2.28. The van der Waals surface area contributed by atoms with E-state index >= 15 is 0 Å². The molecule has 1 N–H and O–H groups in total. The fourth-order valence-corrected chi connectivity index (χ4v) is 4.08. The normalized spacial score (nSPS) is 11.6. The molecule has 3 aromatic rings. The van der Waals surface area contributed by atoms with Crippen LogP contribution in [0.3, 0.4) is 0 Å². The van der Waals surface area contributed by atoms with Gasteiger partial charge in [0.25, 0.3) is 10.0 Å². The van der Waals surface area contributed by atoms with E-state index in [4.69, 9.17) is 9.15 Å². The average Bonchev–Trinajstić information content (AvgIpc) is 2.93. The number of hydrogen-bond donors (Lipinski definition) is 1. The maximum Gasteiger partial charge on any atom is 0.262 e. The summed E-state index contributed by atoms with van der Waals surface area (Å²) >= 11 is 0. The van der Waals surface area contributed by atoms with Crippen LogP contribution in [0.5, 0.6) is 5.75 Å². The number of oxazole rings is 1. The fourth-order valence-electron chi connectivity index (χ4n) is 2.58. The second-order valence-electron chi connectivity index (χ2n) is 5.23. The number of hydrogen-bond acceptors (Lipinski definition) is 5. The molecule has 0 bridgehead atoms. The highest BCUT2D eigenvalue weighted by atomic mass is 32.2. The number of nitrogens with zero attached hydrogens (tertiary/aromatic N) is 1. The minimum atomic E-state index is -3.72. The molecular formula is C16H16N2O4S. The molecule has 0 aliphatic carbocycles. The Bertz CT molecular complexity index is 954. The summed E-state index contributed by atoms with van der Waals surface area (Å²) in [5, 5.41) is 0. The maximum absolute atomic E-state index is 12.7. The first-order valence-corrected chi connectivity index (χ1v) is 8.40. The van der Waals surface area contributed by atoms with E-state index in [0.717, 1.165) is 0 Å². The van der Waals surface area contributed by atoms with Crippen molar-refractivity contribution in [1.29, 1.82) is 0 Å². The van der Waals surface area contributed by atoms with E-state index in [-0.39, 0.29) is 4.90 Å². The number of rotatable bonds is 4. The molecule has 2 aromatic carbocycles. The standard InChI is InChI=1S/C16H16N2O4S/c1-10-6-13(21-3)7-11(2)16(10)23(19,20)18-12-4-5-14-15(8-12)22-9-17-14/h4-9,18H,1-3H3. The third kappa shape index (κ3) is 2.87. The lowest BCUT2D eigenvalue weighted by Gasteiger charge is -2.14. The number of sulfonamides is 1. The third-order valence-electron chi connectivity index (χ3n) is 3.52. The monoisotopic (exact) mass is 332 g/mol. The first-order chi connectivity index (χ1) is 10.9. The van der Waals surface area contributed by atoms with Crippen LogP contribution < -0.4 is 9.46 Å². The molecule has 1 aromatic heterocycles. The van der Waals surface area contributed by atoms with Gasteiger partial charge < -0.3 is 9.15 Å². The first kappa shape index (κ1) is 15.4. The predicted molar refractivity (Wildman–Crippen MR) is 87.3 cm³/mol. The molecular weight excluding hydrogens is 316 g/mol. The summed E-state index contributed by atoms with van der Waals surface area (Å²) in [4.78, 5) is 4.25. The van der Waals surface area contributed by atoms with Crippen molar-refractivity contribution in [2.24, 2.45) is 0 Å². The molecule has 0 unspecified atom stereocenters. The van der Waals surface area contributed by atoms with Gasteiger partial charge in [0.2, 0.25) is 0 Å². The van der Waals surface area contributed by atoms with E-state index in [9.17, 15) is 8.42 Å². The van der Waals surface area contributed by atoms with Gasteiger partial charge in [-0.2, -0.15) is 0 Å². The van der Waals surface area contributed by atoms with Crippen molar-refractivity contribution in [3.8, 4) is 5.75 Å². The van der Waals surface area contributed by atoms with E-state index < -0.39 is 10.0 Å². The SMILES string of the molecule is COc1cc(C)c(S(=O)(=O)Nc2ccc3ncoc3c2)c(C)c1. The van der Waals surface area contributed by atoms with Crippen LogP contribution in [0.1, 0.15) is 11.1 Å². The summed E-state index contributed by atoms with van der Waals surface area (Å²) in [6, 6.07) is 8.34. The molecule has 1 heterocycles. The number of benzene rings is 2.